The molecule has 0 saturated carbocycles. The van der Waals surface area contributed by atoms with Crippen molar-refractivity contribution in [1.29, 1.82) is 0 Å². The van der Waals surface area contributed by atoms with Crippen molar-refractivity contribution in [2.75, 3.05) is 18.4 Å². The molecule has 3 rings (SSSR count). The van der Waals surface area contributed by atoms with E-state index in [0.717, 1.165) is 16.7 Å². The second kappa shape index (κ2) is 8.53. The van der Waals surface area contributed by atoms with Crippen LogP contribution in [0.25, 0.3) is 0 Å². The SMILES string of the molecule is Cc1cc(C)c(S(=O)(=O)N2CCC(C(=O)Nc3ccc(Br)cc3F)CC2)c(C)c1. The number of anilines is 1. The molecule has 1 saturated heterocycles. The summed E-state index contributed by atoms with van der Waals surface area (Å²) in [6.07, 6.45) is 0.792. The lowest BCUT2D eigenvalue weighted by molar-refractivity contribution is -0.120. The Kier molecular flexibility index (Phi) is 6.45. The van der Waals surface area contributed by atoms with E-state index >= 15 is 0 Å². The van der Waals surface area contributed by atoms with Gasteiger partial charge in [-0.15, -0.1) is 0 Å². The van der Waals surface area contributed by atoms with Gasteiger partial charge in [-0.1, -0.05) is 33.6 Å². The molecule has 0 aliphatic carbocycles. The molecule has 8 heteroatoms. The summed E-state index contributed by atoms with van der Waals surface area (Å²) in [5.74, 6) is -1.16. The van der Waals surface area contributed by atoms with E-state index in [1.54, 1.807) is 19.9 Å². The number of carbonyl (C=O) groups excluding carboxylic acids is 1. The number of benzene rings is 2. The topological polar surface area (TPSA) is 66.5 Å². The van der Waals surface area contributed by atoms with Crippen LogP contribution in [0.3, 0.4) is 0 Å². The molecule has 2 aromatic rings. The Balaban J connectivity index is 1.69. The van der Waals surface area contributed by atoms with Crippen molar-refractivity contribution in [2.45, 2.75) is 38.5 Å². The number of amides is 1. The number of sulfonamides is 1. The van der Waals surface area contributed by atoms with Gasteiger partial charge in [0, 0.05) is 23.5 Å². The lowest BCUT2D eigenvalue weighted by atomic mass is 9.97. The maximum atomic E-state index is 14.0. The number of hydrogen-bond donors (Lipinski definition) is 1. The monoisotopic (exact) mass is 482 g/mol. The number of hydrogen-bond acceptors (Lipinski definition) is 3. The minimum atomic E-state index is -3.62. The van der Waals surface area contributed by atoms with Gasteiger partial charge in [0.15, 0.2) is 0 Å². The van der Waals surface area contributed by atoms with Gasteiger partial charge in [-0.25, -0.2) is 12.8 Å². The smallest absolute Gasteiger partial charge is 0.243 e. The first kappa shape index (κ1) is 21.9. The summed E-state index contributed by atoms with van der Waals surface area (Å²) in [6.45, 7) is 6.07. The van der Waals surface area contributed by atoms with Gasteiger partial charge >= 0.3 is 0 Å². The maximum Gasteiger partial charge on any atom is 0.243 e. The first-order valence-electron chi connectivity index (χ1n) is 9.43. The number of carbonyl (C=O) groups is 1. The van der Waals surface area contributed by atoms with Crippen LogP contribution in [0.5, 0.6) is 0 Å². The molecular weight excluding hydrogens is 459 g/mol. The molecule has 1 aliphatic heterocycles. The predicted octanol–water partition coefficient (Wildman–Crippen LogP) is 4.55. The van der Waals surface area contributed by atoms with E-state index in [1.165, 1.54) is 16.4 Å². The summed E-state index contributed by atoms with van der Waals surface area (Å²) >= 11 is 3.18. The van der Waals surface area contributed by atoms with Crippen molar-refractivity contribution < 1.29 is 17.6 Å². The van der Waals surface area contributed by atoms with E-state index in [1.807, 2.05) is 19.1 Å². The highest BCUT2D eigenvalue weighted by atomic mass is 79.9. The number of rotatable bonds is 4. The first-order valence-corrected chi connectivity index (χ1v) is 11.7. The second-order valence-electron chi connectivity index (χ2n) is 7.52. The van der Waals surface area contributed by atoms with Crippen LogP contribution in [-0.2, 0) is 14.8 Å². The van der Waals surface area contributed by atoms with Gasteiger partial charge in [0.25, 0.3) is 0 Å². The molecule has 0 atom stereocenters. The molecule has 5 nitrogen and oxygen atoms in total. The number of halogens is 2. The zero-order chi connectivity index (χ0) is 21.3. The first-order chi connectivity index (χ1) is 13.6. The Morgan fingerprint density at radius 3 is 2.24 bits per heavy atom. The third-order valence-electron chi connectivity index (χ3n) is 5.22. The molecular formula is C21H24BrFN2O3S. The summed E-state index contributed by atoms with van der Waals surface area (Å²) in [7, 11) is -3.62. The fraction of sp³-hybridized carbons (Fsp3) is 0.381. The molecule has 1 N–H and O–H groups in total. The molecule has 1 aliphatic rings. The molecule has 0 aromatic heterocycles. The molecule has 0 unspecified atom stereocenters. The van der Waals surface area contributed by atoms with Gasteiger partial charge in [-0.05, 0) is 62.9 Å². The lowest BCUT2D eigenvalue weighted by Gasteiger charge is -2.31. The molecule has 29 heavy (non-hydrogen) atoms. The molecule has 0 radical (unpaired) electrons. The average molecular weight is 483 g/mol. The van der Waals surface area contributed by atoms with Crippen LogP contribution in [0.2, 0.25) is 0 Å². The van der Waals surface area contributed by atoms with Crippen molar-refractivity contribution in [3.05, 3.63) is 57.3 Å². The molecule has 1 amide bonds. The Hall–Kier alpha value is -1.77. The van der Waals surface area contributed by atoms with Crippen molar-refractivity contribution in [3.63, 3.8) is 0 Å². The van der Waals surface area contributed by atoms with Crippen LogP contribution in [0.1, 0.15) is 29.5 Å². The number of nitrogens with one attached hydrogen (secondary N) is 1. The minimum absolute atomic E-state index is 0.124. The van der Waals surface area contributed by atoms with E-state index in [4.69, 9.17) is 0 Å². The molecule has 2 aromatic carbocycles. The summed E-state index contributed by atoms with van der Waals surface area (Å²) < 4.78 is 42.3. The molecule has 0 bridgehead atoms. The van der Waals surface area contributed by atoms with E-state index in [9.17, 15) is 17.6 Å². The summed E-state index contributed by atoms with van der Waals surface area (Å²) in [6, 6.07) is 8.18. The summed E-state index contributed by atoms with van der Waals surface area (Å²) in [4.78, 5) is 12.9. The average Bonchev–Trinajstić information content (AvgIpc) is 2.63. The quantitative estimate of drug-likeness (QED) is 0.694. The van der Waals surface area contributed by atoms with E-state index in [0.29, 0.717) is 22.2 Å². The van der Waals surface area contributed by atoms with Gasteiger partial charge in [-0.2, -0.15) is 4.31 Å². The van der Waals surface area contributed by atoms with Crippen molar-refractivity contribution in [1.82, 2.24) is 4.31 Å². The Morgan fingerprint density at radius 2 is 1.69 bits per heavy atom. The van der Waals surface area contributed by atoms with Crippen LogP contribution < -0.4 is 5.32 Å². The van der Waals surface area contributed by atoms with Crippen molar-refractivity contribution in [2.24, 2.45) is 5.92 Å². The normalized spacial score (nSPS) is 16.0. The molecule has 0 spiro atoms. The second-order valence-corrected chi connectivity index (χ2v) is 10.3. The Bertz CT molecular complexity index is 1020. The molecule has 156 valence electrons. The third-order valence-corrected chi connectivity index (χ3v) is 7.91. The highest BCUT2D eigenvalue weighted by Crippen LogP contribution is 2.29. The van der Waals surface area contributed by atoms with Crippen LogP contribution in [0.15, 0.2) is 39.7 Å². The highest BCUT2D eigenvalue weighted by molar-refractivity contribution is 9.10. The highest BCUT2D eigenvalue weighted by Gasteiger charge is 2.33. The summed E-state index contributed by atoms with van der Waals surface area (Å²) in [5.41, 5.74) is 2.61. The number of piperidine rings is 1. The zero-order valence-electron chi connectivity index (χ0n) is 16.6. The maximum absolute atomic E-state index is 14.0. The fourth-order valence-electron chi connectivity index (χ4n) is 3.89. The molecule has 1 fully saturated rings. The standard InChI is InChI=1S/C21H24BrFN2O3S/c1-13-10-14(2)20(15(3)11-13)29(27,28)25-8-6-16(7-9-25)21(26)24-19-5-4-17(22)12-18(19)23/h4-5,10-12,16H,6-9H2,1-3H3,(H,24,26). The van der Waals surface area contributed by atoms with Gasteiger partial charge < -0.3 is 5.32 Å². The molecule has 1 heterocycles. The van der Waals surface area contributed by atoms with Crippen LogP contribution >= 0.6 is 15.9 Å². The largest absolute Gasteiger partial charge is 0.323 e. The van der Waals surface area contributed by atoms with Crippen molar-refractivity contribution >= 4 is 37.5 Å². The van der Waals surface area contributed by atoms with Crippen LogP contribution in [0, 0.1) is 32.5 Å². The third kappa shape index (κ3) is 4.70. The van der Waals surface area contributed by atoms with Gasteiger partial charge in [0.2, 0.25) is 15.9 Å². The van der Waals surface area contributed by atoms with Gasteiger partial charge in [0.1, 0.15) is 5.82 Å². The fourth-order valence-corrected chi connectivity index (χ4v) is 6.10. The Morgan fingerprint density at radius 1 is 1.10 bits per heavy atom. The minimum Gasteiger partial charge on any atom is -0.323 e. The Labute approximate surface area is 179 Å². The van der Waals surface area contributed by atoms with E-state index in [2.05, 4.69) is 21.2 Å². The predicted molar refractivity (Wildman–Crippen MR) is 115 cm³/mol. The number of nitrogens with zero attached hydrogens (tertiary/aromatic N) is 1. The van der Waals surface area contributed by atoms with Gasteiger partial charge in [0.05, 0.1) is 10.6 Å². The van der Waals surface area contributed by atoms with Gasteiger partial charge in [-0.3, -0.25) is 4.79 Å². The van der Waals surface area contributed by atoms with E-state index in [-0.39, 0.29) is 30.6 Å². The van der Waals surface area contributed by atoms with E-state index < -0.39 is 15.8 Å². The van der Waals surface area contributed by atoms with Crippen LogP contribution in [0.4, 0.5) is 10.1 Å². The number of aryl methyl sites for hydroxylation is 3. The van der Waals surface area contributed by atoms with Crippen molar-refractivity contribution in [3.8, 4) is 0 Å². The van der Waals surface area contributed by atoms with Crippen LogP contribution in [-0.4, -0.2) is 31.7 Å². The zero-order valence-corrected chi connectivity index (χ0v) is 19.0. The lowest BCUT2D eigenvalue weighted by Crippen LogP contribution is -2.41. The summed E-state index contributed by atoms with van der Waals surface area (Å²) in [5, 5.41) is 2.61.